The number of carbonyl (C=O) groups is 2. The van der Waals surface area contributed by atoms with Crippen LogP contribution in [0, 0.1) is 0 Å². The summed E-state index contributed by atoms with van der Waals surface area (Å²) in [6.45, 7) is 2.64. The number of aryl methyl sites for hydroxylation is 1. The molecule has 10 nitrogen and oxygen atoms in total. The Labute approximate surface area is 206 Å². The zero-order valence-electron chi connectivity index (χ0n) is 19.3. The summed E-state index contributed by atoms with van der Waals surface area (Å²) >= 11 is 0. The number of hydrogen-bond donors (Lipinski definition) is 2. The van der Waals surface area contributed by atoms with Crippen molar-refractivity contribution >= 4 is 11.9 Å². The maximum Gasteiger partial charge on any atom is 0.490 e. The fourth-order valence-corrected chi connectivity index (χ4v) is 3.67. The first-order chi connectivity index (χ1) is 17.2. The molecule has 1 saturated carbocycles. The number of fused-ring (bicyclic) bond motifs is 1. The van der Waals surface area contributed by atoms with E-state index < -0.39 is 24.3 Å². The second-order valence-electron chi connectivity index (χ2n) is 7.90. The fraction of sp³-hybridized carbons (Fsp3) is 0.524. The van der Waals surface area contributed by atoms with Gasteiger partial charge in [-0.25, -0.2) is 14.6 Å². The second kappa shape index (κ2) is 12.7. The molecule has 2 aromatic heterocycles. The highest BCUT2D eigenvalue weighted by Crippen LogP contribution is 2.33. The standard InChI is InChI=1S/C17H22N4O2.2C2HF3O2/c1-20-11-13(10-19-20)12-21-8-9-22-17-14(21)5-6-15(17)23-16-4-2-3-7-18-16;2*3-2(4,5)1(6)7/h2-4,7,10-11,14-15,17H,5-6,8-9,12H2,1H3;2*(H,6,7)/t14-,15-,17+;;/m0../s1. The minimum absolute atomic E-state index is 0.0894. The van der Waals surface area contributed by atoms with E-state index in [-0.39, 0.29) is 12.2 Å². The lowest BCUT2D eigenvalue weighted by atomic mass is 10.1. The molecule has 0 unspecified atom stereocenters. The number of carboxylic acid groups (broad SMARTS) is 2. The van der Waals surface area contributed by atoms with E-state index in [0.717, 1.165) is 32.5 Å². The molecule has 3 heterocycles. The van der Waals surface area contributed by atoms with E-state index in [1.807, 2.05) is 36.1 Å². The van der Waals surface area contributed by atoms with Crippen molar-refractivity contribution in [3.63, 3.8) is 0 Å². The summed E-state index contributed by atoms with van der Waals surface area (Å²) < 4.78 is 77.4. The summed E-state index contributed by atoms with van der Waals surface area (Å²) in [5.41, 5.74) is 1.25. The van der Waals surface area contributed by atoms with Gasteiger partial charge in [-0.05, 0) is 18.9 Å². The van der Waals surface area contributed by atoms with Crippen molar-refractivity contribution < 1.29 is 55.6 Å². The lowest BCUT2D eigenvalue weighted by Gasteiger charge is -2.38. The van der Waals surface area contributed by atoms with Gasteiger partial charge in [-0.3, -0.25) is 9.58 Å². The predicted octanol–water partition coefficient (Wildman–Crippen LogP) is 2.89. The Kier molecular flexibility index (Phi) is 10.2. The minimum atomic E-state index is -5.08. The molecular weight excluding hydrogens is 518 g/mol. The average Bonchev–Trinajstić information content (AvgIpc) is 3.40. The summed E-state index contributed by atoms with van der Waals surface area (Å²) in [7, 11) is 1.96. The van der Waals surface area contributed by atoms with Crippen molar-refractivity contribution in [2.45, 2.75) is 50.0 Å². The Morgan fingerprint density at radius 2 is 1.73 bits per heavy atom. The SMILES string of the molecule is Cn1cc(CN2CCO[C@H]3[C@@H](Oc4ccccn4)CC[C@@H]32)cn1.O=C(O)C(F)(F)F.O=C(O)C(F)(F)F. The third-order valence-corrected chi connectivity index (χ3v) is 5.19. The van der Waals surface area contributed by atoms with Gasteiger partial charge in [0.1, 0.15) is 12.2 Å². The largest absolute Gasteiger partial charge is 0.490 e. The number of alkyl halides is 6. The molecule has 2 N–H and O–H groups in total. The van der Waals surface area contributed by atoms with Gasteiger partial charge in [0, 0.05) is 50.2 Å². The third kappa shape index (κ3) is 9.53. The van der Waals surface area contributed by atoms with E-state index >= 15 is 0 Å². The van der Waals surface area contributed by atoms with Gasteiger partial charge in [0.05, 0.1) is 12.8 Å². The van der Waals surface area contributed by atoms with Crippen LogP contribution in [0.5, 0.6) is 5.88 Å². The Morgan fingerprint density at radius 3 is 2.22 bits per heavy atom. The molecule has 2 aliphatic rings. The summed E-state index contributed by atoms with van der Waals surface area (Å²) in [5.74, 6) is -4.83. The number of nitrogens with zero attached hydrogens (tertiary/aromatic N) is 4. The number of carboxylic acids is 2. The smallest absolute Gasteiger partial charge is 0.475 e. The van der Waals surface area contributed by atoms with Crippen LogP contribution in [0.3, 0.4) is 0 Å². The Morgan fingerprint density at radius 1 is 1.11 bits per heavy atom. The highest BCUT2D eigenvalue weighted by Gasteiger charge is 2.44. The molecule has 16 heteroatoms. The number of halogens is 6. The normalized spacial score (nSPS) is 21.5. The molecule has 0 bridgehead atoms. The molecule has 3 atom stereocenters. The molecule has 37 heavy (non-hydrogen) atoms. The summed E-state index contributed by atoms with van der Waals surface area (Å²) in [6, 6.07) is 6.17. The number of pyridine rings is 1. The van der Waals surface area contributed by atoms with Gasteiger partial charge in [-0.2, -0.15) is 31.4 Å². The third-order valence-electron chi connectivity index (χ3n) is 5.19. The molecule has 0 spiro atoms. The quantitative estimate of drug-likeness (QED) is 0.561. The summed E-state index contributed by atoms with van der Waals surface area (Å²) in [5, 5.41) is 18.5. The van der Waals surface area contributed by atoms with Gasteiger partial charge in [0.15, 0.2) is 0 Å². The summed E-state index contributed by atoms with van der Waals surface area (Å²) in [6.07, 6.45) is -2.05. The van der Waals surface area contributed by atoms with Gasteiger partial charge in [0.2, 0.25) is 5.88 Å². The molecular formula is C21H24F6N4O6. The van der Waals surface area contributed by atoms with Crippen molar-refractivity contribution in [2.24, 2.45) is 7.05 Å². The highest BCUT2D eigenvalue weighted by molar-refractivity contribution is 5.73. The van der Waals surface area contributed by atoms with Crippen LogP contribution in [0.15, 0.2) is 36.8 Å². The lowest BCUT2D eigenvalue weighted by molar-refractivity contribution is -0.193. The first-order valence-corrected chi connectivity index (χ1v) is 10.7. The maximum absolute atomic E-state index is 10.6. The fourth-order valence-electron chi connectivity index (χ4n) is 3.67. The Bertz CT molecular complexity index is 993. The van der Waals surface area contributed by atoms with E-state index in [1.165, 1.54) is 5.56 Å². The molecule has 206 valence electrons. The van der Waals surface area contributed by atoms with Gasteiger partial charge < -0.3 is 19.7 Å². The number of rotatable bonds is 4. The number of morpholine rings is 1. The lowest BCUT2D eigenvalue weighted by Crippen LogP contribution is -2.51. The molecule has 1 aliphatic carbocycles. The molecule has 1 aliphatic heterocycles. The Hall–Kier alpha value is -3.40. The maximum atomic E-state index is 10.6. The highest BCUT2D eigenvalue weighted by atomic mass is 19.4. The molecule has 0 amide bonds. The number of ether oxygens (including phenoxy) is 2. The van der Waals surface area contributed by atoms with E-state index in [2.05, 4.69) is 21.2 Å². The molecule has 0 radical (unpaired) electrons. The van der Waals surface area contributed by atoms with Crippen molar-refractivity contribution in [2.75, 3.05) is 13.2 Å². The average molecular weight is 542 g/mol. The van der Waals surface area contributed by atoms with Crippen LogP contribution in [-0.4, -0.2) is 85.6 Å². The Balaban J connectivity index is 0.000000286. The molecule has 2 aromatic rings. The van der Waals surface area contributed by atoms with E-state index in [1.54, 1.807) is 6.20 Å². The van der Waals surface area contributed by atoms with Crippen LogP contribution in [0.2, 0.25) is 0 Å². The van der Waals surface area contributed by atoms with Gasteiger partial charge in [0.25, 0.3) is 0 Å². The topological polar surface area (TPSA) is 127 Å². The van der Waals surface area contributed by atoms with Crippen LogP contribution >= 0.6 is 0 Å². The molecule has 0 aromatic carbocycles. The number of aliphatic carboxylic acids is 2. The zero-order chi connectivity index (χ0) is 27.8. The van der Waals surface area contributed by atoms with E-state index in [9.17, 15) is 26.3 Å². The zero-order valence-corrected chi connectivity index (χ0v) is 19.3. The minimum Gasteiger partial charge on any atom is -0.475 e. The summed E-state index contributed by atoms with van der Waals surface area (Å²) in [4.78, 5) is 24.6. The van der Waals surface area contributed by atoms with Crippen molar-refractivity contribution in [3.05, 3.63) is 42.4 Å². The van der Waals surface area contributed by atoms with Crippen molar-refractivity contribution in [3.8, 4) is 5.88 Å². The van der Waals surface area contributed by atoms with E-state index in [0.29, 0.717) is 11.9 Å². The monoisotopic (exact) mass is 542 g/mol. The van der Waals surface area contributed by atoms with Gasteiger partial charge in [-0.1, -0.05) is 6.07 Å². The van der Waals surface area contributed by atoms with Gasteiger partial charge in [-0.15, -0.1) is 0 Å². The van der Waals surface area contributed by atoms with Crippen LogP contribution in [0.1, 0.15) is 18.4 Å². The molecule has 1 saturated heterocycles. The van der Waals surface area contributed by atoms with Crippen LogP contribution in [0.25, 0.3) is 0 Å². The van der Waals surface area contributed by atoms with Crippen LogP contribution in [-0.2, 0) is 27.9 Å². The number of aromatic nitrogens is 3. The number of hydrogen-bond acceptors (Lipinski definition) is 7. The van der Waals surface area contributed by atoms with Crippen LogP contribution in [0.4, 0.5) is 26.3 Å². The molecule has 4 rings (SSSR count). The predicted molar refractivity (Wildman–Crippen MR) is 112 cm³/mol. The molecule has 2 fully saturated rings. The van der Waals surface area contributed by atoms with Crippen molar-refractivity contribution in [1.29, 1.82) is 0 Å². The first kappa shape index (κ1) is 29.8. The van der Waals surface area contributed by atoms with E-state index in [4.69, 9.17) is 29.3 Å². The van der Waals surface area contributed by atoms with Gasteiger partial charge >= 0.3 is 24.3 Å². The second-order valence-corrected chi connectivity index (χ2v) is 7.90. The van der Waals surface area contributed by atoms with Crippen molar-refractivity contribution in [1.82, 2.24) is 19.7 Å². The van der Waals surface area contributed by atoms with Crippen LogP contribution < -0.4 is 4.74 Å². The first-order valence-electron chi connectivity index (χ1n) is 10.7.